The first-order valence-corrected chi connectivity index (χ1v) is 4.39. The van der Waals surface area contributed by atoms with E-state index >= 15 is 0 Å². The van der Waals surface area contributed by atoms with Crippen LogP contribution in [0.2, 0.25) is 10.0 Å². The average Bonchev–Trinajstić information content (AvgIpc) is 2.10. The lowest BCUT2D eigenvalue weighted by Gasteiger charge is -2.02. The molecule has 0 saturated carbocycles. The van der Waals surface area contributed by atoms with Crippen LogP contribution in [0.3, 0.4) is 0 Å². The molecule has 1 aromatic carbocycles. The number of nitro benzene ring substituents is 2. The van der Waals surface area contributed by atoms with Crippen molar-refractivity contribution in [3.63, 3.8) is 0 Å². The van der Waals surface area contributed by atoms with Crippen LogP contribution in [-0.2, 0) is 0 Å². The summed E-state index contributed by atoms with van der Waals surface area (Å²) in [6.07, 6.45) is 0. The summed E-state index contributed by atoms with van der Waals surface area (Å²) in [7, 11) is 0. The number of hydrogen-bond donors (Lipinski definition) is 0. The van der Waals surface area contributed by atoms with Crippen LogP contribution in [0.25, 0.3) is 0 Å². The Bertz CT molecular complexity index is 461. The van der Waals surface area contributed by atoms with Crippen LogP contribution < -0.4 is 0 Å². The van der Waals surface area contributed by atoms with Crippen LogP contribution in [0, 0.1) is 27.2 Å². The van der Waals surface area contributed by atoms with Gasteiger partial charge in [-0.15, -0.1) is 0 Å². The highest BCUT2D eigenvalue weighted by atomic mass is 35.5. The minimum absolute atomic E-state index is 0.0576. The van der Waals surface area contributed by atoms with Crippen molar-refractivity contribution in [3.8, 4) is 0 Å². The smallest absolute Gasteiger partial charge is 0.258 e. The lowest BCUT2D eigenvalue weighted by molar-refractivity contribution is -0.394. The van der Waals surface area contributed by atoms with Crippen molar-refractivity contribution in [1.29, 1.82) is 0 Å². The summed E-state index contributed by atoms with van der Waals surface area (Å²) in [5.74, 6) is 0. The highest BCUT2D eigenvalue weighted by molar-refractivity contribution is 6.37. The summed E-state index contributed by atoms with van der Waals surface area (Å²) in [6.45, 7) is 1.37. The molecule has 0 heterocycles. The molecule has 0 unspecified atom stereocenters. The van der Waals surface area contributed by atoms with E-state index in [1.807, 2.05) is 0 Å². The van der Waals surface area contributed by atoms with Crippen molar-refractivity contribution in [2.24, 2.45) is 0 Å². The van der Waals surface area contributed by atoms with Crippen LogP contribution in [-0.4, -0.2) is 9.85 Å². The molecule has 0 aromatic heterocycles. The number of nitrogens with zero attached hydrogens (tertiary/aromatic N) is 2. The maximum Gasteiger partial charge on any atom is 0.299 e. The van der Waals surface area contributed by atoms with Gasteiger partial charge in [-0.25, -0.2) is 0 Å². The number of benzene rings is 1. The summed E-state index contributed by atoms with van der Waals surface area (Å²) in [4.78, 5) is 19.5. The molecule has 8 heteroatoms. The highest BCUT2D eigenvalue weighted by Crippen LogP contribution is 2.39. The molecule has 0 amide bonds. The van der Waals surface area contributed by atoms with Gasteiger partial charge < -0.3 is 0 Å². The molecule has 0 spiro atoms. The van der Waals surface area contributed by atoms with Crippen LogP contribution in [0.15, 0.2) is 6.07 Å². The molecule has 0 N–H and O–H groups in total. The Hall–Kier alpha value is -1.40. The zero-order valence-corrected chi connectivity index (χ0v) is 8.87. The molecule has 0 fully saturated rings. The Morgan fingerprint density at radius 1 is 1.20 bits per heavy atom. The Morgan fingerprint density at radius 2 is 1.73 bits per heavy atom. The van der Waals surface area contributed by atoms with E-state index in [9.17, 15) is 20.2 Å². The second-order valence-corrected chi connectivity index (χ2v) is 3.46. The molecule has 6 nitrogen and oxygen atoms in total. The fourth-order valence-corrected chi connectivity index (χ4v) is 1.57. The predicted molar refractivity (Wildman–Crippen MR) is 54.5 cm³/mol. The summed E-state index contributed by atoms with van der Waals surface area (Å²) >= 11 is 11.1. The van der Waals surface area contributed by atoms with Gasteiger partial charge in [-0.1, -0.05) is 23.2 Å². The first-order valence-electron chi connectivity index (χ1n) is 3.63. The molecular weight excluding hydrogens is 247 g/mol. The molecule has 80 valence electrons. The van der Waals surface area contributed by atoms with Crippen LogP contribution in [0.5, 0.6) is 0 Å². The molecule has 0 aliphatic carbocycles. The molecule has 0 radical (unpaired) electrons. The normalized spacial score (nSPS) is 10.1. The fourth-order valence-electron chi connectivity index (χ4n) is 1.04. The van der Waals surface area contributed by atoms with E-state index in [1.165, 1.54) is 6.92 Å². The summed E-state index contributed by atoms with van der Waals surface area (Å²) in [6, 6.07) is 0.992. The first kappa shape index (κ1) is 11.7. The standard InChI is InChI=1S/C7H4Cl2N2O4/c1-3-4(8)2-5(10(12)13)6(9)7(3)11(14)15/h2H,1H3. The van der Waals surface area contributed by atoms with Crippen LogP contribution in [0.1, 0.15) is 5.56 Å². The van der Waals surface area contributed by atoms with Gasteiger partial charge in [-0.05, 0) is 6.92 Å². The Labute approximate surface area is 93.7 Å². The van der Waals surface area contributed by atoms with E-state index in [-0.39, 0.29) is 10.6 Å². The maximum absolute atomic E-state index is 10.6. The van der Waals surface area contributed by atoms with Crippen molar-refractivity contribution < 1.29 is 9.85 Å². The Morgan fingerprint density at radius 3 is 2.13 bits per heavy atom. The number of hydrogen-bond acceptors (Lipinski definition) is 4. The van der Waals surface area contributed by atoms with Gasteiger partial charge in [0, 0.05) is 11.6 Å². The van der Waals surface area contributed by atoms with Crippen molar-refractivity contribution in [3.05, 3.63) is 41.9 Å². The minimum Gasteiger partial charge on any atom is -0.258 e. The van der Waals surface area contributed by atoms with Crippen molar-refractivity contribution in [1.82, 2.24) is 0 Å². The van der Waals surface area contributed by atoms with Crippen LogP contribution in [0.4, 0.5) is 11.4 Å². The monoisotopic (exact) mass is 250 g/mol. The minimum atomic E-state index is -0.819. The lowest BCUT2D eigenvalue weighted by atomic mass is 10.2. The van der Waals surface area contributed by atoms with E-state index in [0.29, 0.717) is 0 Å². The topological polar surface area (TPSA) is 86.3 Å². The third-order valence-corrected chi connectivity index (χ3v) is 2.55. The molecule has 15 heavy (non-hydrogen) atoms. The second-order valence-electron chi connectivity index (χ2n) is 2.68. The van der Waals surface area contributed by atoms with E-state index < -0.39 is 26.2 Å². The first-order chi connectivity index (χ1) is 6.86. The van der Waals surface area contributed by atoms with Gasteiger partial charge in [-0.3, -0.25) is 20.2 Å². The van der Waals surface area contributed by atoms with Gasteiger partial charge in [0.15, 0.2) is 5.02 Å². The van der Waals surface area contributed by atoms with E-state index in [2.05, 4.69) is 0 Å². The molecule has 0 saturated heterocycles. The van der Waals surface area contributed by atoms with Gasteiger partial charge in [0.2, 0.25) is 0 Å². The molecule has 0 atom stereocenters. The van der Waals surface area contributed by atoms with Gasteiger partial charge in [0.05, 0.1) is 14.9 Å². The van der Waals surface area contributed by atoms with Crippen LogP contribution >= 0.6 is 23.2 Å². The highest BCUT2D eigenvalue weighted by Gasteiger charge is 2.28. The number of nitro groups is 2. The average molecular weight is 251 g/mol. The molecule has 1 rings (SSSR count). The Balaban J connectivity index is 3.63. The van der Waals surface area contributed by atoms with Crippen molar-refractivity contribution in [2.75, 3.05) is 0 Å². The predicted octanol–water partition coefficient (Wildman–Crippen LogP) is 3.12. The van der Waals surface area contributed by atoms with E-state index in [0.717, 1.165) is 6.07 Å². The summed E-state index contributed by atoms with van der Waals surface area (Å²) in [5, 5.41) is 20.5. The molecule has 0 aliphatic heterocycles. The van der Waals surface area contributed by atoms with Crippen molar-refractivity contribution >= 4 is 34.6 Å². The third-order valence-electron chi connectivity index (χ3n) is 1.79. The second kappa shape index (κ2) is 4.00. The maximum atomic E-state index is 10.6. The van der Waals surface area contributed by atoms with E-state index in [4.69, 9.17) is 23.2 Å². The molecule has 0 bridgehead atoms. The third kappa shape index (κ3) is 2.00. The fraction of sp³-hybridized carbons (Fsp3) is 0.143. The molecule has 1 aromatic rings. The number of halogens is 2. The molecule has 0 aliphatic rings. The SMILES string of the molecule is Cc1c(Cl)cc([N+](=O)[O-])c(Cl)c1[N+](=O)[O-]. The van der Waals surface area contributed by atoms with Gasteiger partial charge >= 0.3 is 0 Å². The summed E-state index contributed by atoms with van der Waals surface area (Å²) in [5.41, 5.74) is -0.993. The molecular formula is C7H4Cl2N2O4. The Kier molecular flexibility index (Phi) is 3.11. The van der Waals surface area contributed by atoms with Gasteiger partial charge in [0.25, 0.3) is 11.4 Å². The van der Waals surface area contributed by atoms with E-state index in [1.54, 1.807) is 0 Å². The van der Waals surface area contributed by atoms with Gasteiger partial charge in [0.1, 0.15) is 0 Å². The lowest BCUT2D eigenvalue weighted by Crippen LogP contribution is -1.98. The van der Waals surface area contributed by atoms with Gasteiger partial charge in [-0.2, -0.15) is 0 Å². The van der Waals surface area contributed by atoms with Crippen molar-refractivity contribution in [2.45, 2.75) is 6.92 Å². The zero-order chi connectivity index (χ0) is 11.7. The number of rotatable bonds is 2. The largest absolute Gasteiger partial charge is 0.299 e. The quantitative estimate of drug-likeness (QED) is 0.596. The zero-order valence-electron chi connectivity index (χ0n) is 7.36. The summed E-state index contributed by atoms with van der Waals surface area (Å²) < 4.78 is 0.